The number of hydrogen-bond donors (Lipinski definition) is 3. The lowest BCUT2D eigenvalue weighted by Gasteiger charge is -2.54. The van der Waals surface area contributed by atoms with Crippen LogP contribution in [0.4, 0.5) is 4.79 Å². The van der Waals surface area contributed by atoms with Crippen molar-refractivity contribution in [3.05, 3.63) is 11.1 Å². The molecular weight excluding hydrogens is 470 g/mol. The molecule has 8 atom stereocenters. The summed E-state index contributed by atoms with van der Waals surface area (Å²) in [5.41, 5.74) is 0.655. The van der Waals surface area contributed by atoms with Crippen molar-refractivity contribution < 1.29 is 43.5 Å². The summed E-state index contributed by atoms with van der Waals surface area (Å²) in [5.74, 6) is 0.457. The molecule has 3 aliphatic carbocycles. The fourth-order valence-electron chi connectivity index (χ4n) is 7.97. The van der Waals surface area contributed by atoms with Crippen LogP contribution in [0.15, 0.2) is 11.1 Å². The molecule has 0 aromatic carbocycles. The molecule has 0 radical (unpaired) electrons. The molecule has 2 saturated carbocycles. The maximum absolute atomic E-state index is 12.8. The van der Waals surface area contributed by atoms with Crippen LogP contribution in [0.1, 0.15) is 46.5 Å². The summed E-state index contributed by atoms with van der Waals surface area (Å²) in [6, 6.07) is 0. The van der Waals surface area contributed by atoms with E-state index in [2.05, 4.69) is 26.1 Å². The molecule has 3 N–H and O–H groups in total. The highest BCUT2D eigenvalue weighted by Crippen LogP contribution is 2.79. The van der Waals surface area contributed by atoms with Gasteiger partial charge in [0.25, 0.3) is 0 Å². The average Bonchev–Trinajstić information content (AvgIpc) is 3.74. The van der Waals surface area contributed by atoms with E-state index in [1.165, 1.54) is 0 Å². The number of nitrogens with one attached hydrogen (secondary N) is 1. The number of cyclic esters (lactones) is 1. The number of epoxide rings is 2. The normalized spacial score (nSPS) is 43.1. The van der Waals surface area contributed by atoms with Crippen molar-refractivity contribution in [3.8, 4) is 0 Å². The van der Waals surface area contributed by atoms with E-state index in [1.807, 2.05) is 0 Å². The molecule has 10 heteroatoms. The molecule has 6 rings (SSSR count). The molecule has 10 nitrogen and oxygen atoms in total. The Hall–Kier alpha value is -1.72. The fourth-order valence-corrected chi connectivity index (χ4v) is 7.97. The summed E-state index contributed by atoms with van der Waals surface area (Å²) >= 11 is 0. The fraction of sp³-hybridized carbons (Fsp3) is 0.846. The van der Waals surface area contributed by atoms with Crippen LogP contribution in [0, 0.1) is 23.2 Å². The standard InChI is InChI=1S/C25H35NO8.CH4O/c1-13(2)15-10-19-25(34-19)23(3)5-4-14-16(12-31-21(14)28)17(23)11-18-24(25,33-18)20(15)32-22(29)26-6-8-30-9-7-27;1-2/h13,15,17-20,27H,4-12H2,1-3H3,(H,26,29);2H,1H3. The summed E-state index contributed by atoms with van der Waals surface area (Å²) in [4.78, 5) is 25.1. The summed E-state index contributed by atoms with van der Waals surface area (Å²) in [5, 5.41) is 18.6. The van der Waals surface area contributed by atoms with Crippen LogP contribution in [0.3, 0.4) is 0 Å². The van der Waals surface area contributed by atoms with Crippen molar-refractivity contribution in [3.63, 3.8) is 0 Å². The van der Waals surface area contributed by atoms with E-state index in [0.29, 0.717) is 32.1 Å². The van der Waals surface area contributed by atoms with E-state index in [-0.39, 0.29) is 48.6 Å². The zero-order chi connectivity index (χ0) is 25.9. The first-order valence-corrected chi connectivity index (χ1v) is 13.1. The SMILES string of the molecule is CC(C)C1CC2OC23C2(C)CCC4=C(COC4=O)C2CC2OC23C1OC(=O)NCCOCCO.CO. The predicted molar refractivity (Wildman–Crippen MR) is 126 cm³/mol. The van der Waals surface area contributed by atoms with Gasteiger partial charge in [0, 0.05) is 30.6 Å². The van der Waals surface area contributed by atoms with Crippen molar-refractivity contribution in [2.45, 2.75) is 76.0 Å². The zero-order valence-electron chi connectivity index (χ0n) is 21.6. The second-order valence-electron chi connectivity index (χ2n) is 11.3. The zero-order valence-corrected chi connectivity index (χ0v) is 21.6. The first-order valence-electron chi connectivity index (χ1n) is 13.1. The number of ether oxygens (including phenoxy) is 5. The molecule has 3 heterocycles. The Kier molecular flexibility index (Phi) is 6.65. The molecule has 6 aliphatic rings. The first kappa shape index (κ1) is 25.9. The van der Waals surface area contributed by atoms with Crippen LogP contribution >= 0.6 is 0 Å². The van der Waals surface area contributed by atoms with Gasteiger partial charge in [-0.15, -0.1) is 0 Å². The molecule has 3 aliphatic heterocycles. The number of carbonyl (C=O) groups is 2. The van der Waals surface area contributed by atoms with Crippen molar-refractivity contribution in [1.82, 2.24) is 5.32 Å². The van der Waals surface area contributed by atoms with Gasteiger partial charge < -0.3 is 39.2 Å². The van der Waals surface area contributed by atoms with Crippen molar-refractivity contribution in [2.75, 3.05) is 40.1 Å². The van der Waals surface area contributed by atoms with E-state index in [9.17, 15) is 9.59 Å². The van der Waals surface area contributed by atoms with Gasteiger partial charge in [0.05, 0.1) is 32.0 Å². The summed E-state index contributed by atoms with van der Waals surface area (Å²) in [6.07, 6.45) is 2.31. The van der Waals surface area contributed by atoms with Gasteiger partial charge in [-0.2, -0.15) is 0 Å². The Labute approximate surface area is 211 Å². The number of aliphatic hydroxyl groups excluding tert-OH is 2. The van der Waals surface area contributed by atoms with Crippen LogP contribution in [-0.2, 0) is 28.5 Å². The minimum atomic E-state index is -0.637. The highest BCUT2D eigenvalue weighted by Gasteiger charge is 2.93. The highest BCUT2D eigenvalue weighted by atomic mass is 16.7. The van der Waals surface area contributed by atoms with E-state index < -0.39 is 23.4 Å². The van der Waals surface area contributed by atoms with Gasteiger partial charge in [0.2, 0.25) is 0 Å². The number of hydrogen-bond acceptors (Lipinski definition) is 9. The molecule has 36 heavy (non-hydrogen) atoms. The second-order valence-corrected chi connectivity index (χ2v) is 11.3. The smallest absolute Gasteiger partial charge is 0.407 e. The number of esters is 1. The van der Waals surface area contributed by atoms with E-state index in [1.54, 1.807) is 0 Å². The van der Waals surface area contributed by atoms with Crippen LogP contribution in [-0.4, -0.2) is 91.9 Å². The molecule has 2 spiro atoms. The van der Waals surface area contributed by atoms with E-state index in [4.69, 9.17) is 33.9 Å². The van der Waals surface area contributed by atoms with Gasteiger partial charge in [-0.25, -0.2) is 9.59 Å². The van der Waals surface area contributed by atoms with E-state index >= 15 is 0 Å². The van der Waals surface area contributed by atoms with Crippen molar-refractivity contribution in [1.29, 1.82) is 0 Å². The lowest BCUT2D eigenvalue weighted by molar-refractivity contribution is -0.136. The highest BCUT2D eigenvalue weighted by molar-refractivity contribution is 5.92. The quantitative estimate of drug-likeness (QED) is 0.263. The molecule has 2 saturated heterocycles. The summed E-state index contributed by atoms with van der Waals surface area (Å²) < 4.78 is 30.0. The monoisotopic (exact) mass is 509 g/mol. The molecule has 1 amide bonds. The van der Waals surface area contributed by atoms with Gasteiger partial charge in [0.15, 0.2) is 5.60 Å². The Morgan fingerprint density at radius 3 is 2.69 bits per heavy atom. The molecule has 0 aromatic rings. The molecule has 4 fully saturated rings. The molecule has 202 valence electrons. The Morgan fingerprint density at radius 1 is 1.19 bits per heavy atom. The van der Waals surface area contributed by atoms with Crippen molar-refractivity contribution in [2.24, 2.45) is 23.2 Å². The number of alkyl carbamates (subject to hydrolysis) is 1. The lowest BCUT2D eigenvalue weighted by atomic mass is 9.46. The Bertz CT molecular complexity index is 936. The van der Waals surface area contributed by atoms with Gasteiger partial charge in [-0.1, -0.05) is 20.8 Å². The van der Waals surface area contributed by atoms with Crippen LogP contribution < -0.4 is 5.32 Å². The molecular formula is C26H39NO9. The third kappa shape index (κ3) is 3.41. The maximum atomic E-state index is 12.8. The van der Waals surface area contributed by atoms with E-state index in [0.717, 1.165) is 37.5 Å². The number of aliphatic hydroxyl groups is 2. The van der Waals surface area contributed by atoms with Gasteiger partial charge in [-0.05, 0) is 43.1 Å². The van der Waals surface area contributed by atoms with Gasteiger partial charge in [-0.3, -0.25) is 0 Å². The lowest BCUT2D eigenvalue weighted by Crippen LogP contribution is -2.67. The van der Waals surface area contributed by atoms with Crippen LogP contribution in [0.25, 0.3) is 0 Å². The minimum absolute atomic E-state index is 0.0501. The Morgan fingerprint density at radius 2 is 1.97 bits per heavy atom. The topological polar surface area (TPSA) is 139 Å². The average molecular weight is 510 g/mol. The van der Waals surface area contributed by atoms with Gasteiger partial charge >= 0.3 is 12.1 Å². The Balaban J connectivity index is 0.00000130. The number of rotatable bonds is 7. The second kappa shape index (κ2) is 9.23. The van der Waals surface area contributed by atoms with Crippen LogP contribution in [0.5, 0.6) is 0 Å². The van der Waals surface area contributed by atoms with Crippen LogP contribution in [0.2, 0.25) is 0 Å². The first-order chi connectivity index (χ1) is 17.3. The third-order valence-corrected chi connectivity index (χ3v) is 9.58. The summed E-state index contributed by atoms with van der Waals surface area (Å²) in [6.45, 7) is 7.80. The minimum Gasteiger partial charge on any atom is -0.458 e. The molecule has 8 unspecified atom stereocenters. The molecule has 0 aromatic heterocycles. The number of amides is 1. The molecule has 0 bridgehead atoms. The number of carbonyl (C=O) groups excluding carboxylic acids is 2. The van der Waals surface area contributed by atoms with Crippen molar-refractivity contribution >= 4 is 12.1 Å². The maximum Gasteiger partial charge on any atom is 0.407 e. The third-order valence-electron chi connectivity index (χ3n) is 9.58. The van der Waals surface area contributed by atoms with Gasteiger partial charge in [0.1, 0.15) is 18.3 Å². The largest absolute Gasteiger partial charge is 0.458 e. The predicted octanol–water partition coefficient (Wildman–Crippen LogP) is 1.32. The summed E-state index contributed by atoms with van der Waals surface area (Å²) in [7, 11) is 1.00. The number of fused-ring (bicyclic) bond motifs is 2.